The summed E-state index contributed by atoms with van der Waals surface area (Å²) in [6.45, 7) is 0.734. The fraction of sp³-hybridized carbons (Fsp3) is 0.143. The number of hydrogen-bond acceptors (Lipinski definition) is 3. The third-order valence-electron chi connectivity index (χ3n) is 1.63. The average Bonchev–Trinajstić information content (AvgIpc) is 2.02. The highest BCUT2D eigenvalue weighted by Gasteiger charge is 2.17. The minimum absolute atomic E-state index is 0.163. The molecule has 0 aromatic carbocycles. The van der Waals surface area contributed by atoms with Crippen LogP contribution in [0.5, 0.6) is 0 Å². The number of fused-ring (bicyclic) bond motifs is 1. The van der Waals surface area contributed by atoms with Gasteiger partial charge in [0, 0.05) is 6.54 Å². The second kappa shape index (κ2) is 3.44. The van der Waals surface area contributed by atoms with Crippen LogP contribution in [0, 0.1) is 0 Å². The first-order valence-electron chi connectivity index (χ1n) is 3.51. The van der Waals surface area contributed by atoms with Gasteiger partial charge in [-0.3, -0.25) is 0 Å². The van der Waals surface area contributed by atoms with Gasteiger partial charge in [-0.15, -0.1) is 0 Å². The molecule has 1 aliphatic heterocycles. The fourth-order valence-electron chi connectivity index (χ4n) is 1.11. The minimum Gasteiger partial charge on any atom is -0.300 e. The highest BCUT2D eigenvalue weighted by molar-refractivity contribution is 9.10. The molecule has 0 radical (unpaired) electrons. The number of nitrogens with zero attached hydrogens (tertiary/aromatic N) is 3. The Labute approximate surface area is 93.7 Å². The molecule has 0 bridgehead atoms. The number of rotatable bonds is 0. The van der Waals surface area contributed by atoms with Crippen LogP contribution in [0.15, 0.2) is 6.08 Å². The molecule has 2 rings (SSSR count). The Kier molecular flexibility index (Phi) is 2.45. The first-order chi connectivity index (χ1) is 6.18. The first kappa shape index (κ1) is 9.24. The van der Waals surface area contributed by atoms with E-state index in [1.165, 1.54) is 0 Å². The Hall–Kier alpha value is -0.320. The summed E-state index contributed by atoms with van der Waals surface area (Å²) >= 11 is 14.9. The van der Waals surface area contributed by atoms with Crippen molar-refractivity contribution in [2.75, 3.05) is 10.5 Å². The van der Waals surface area contributed by atoms with Gasteiger partial charge in [0.1, 0.15) is 5.69 Å². The van der Waals surface area contributed by atoms with E-state index in [0.717, 1.165) is 17.9 Å². The monoisotopic (exact) mass is 279 g/mol. The predicted molar refractivity (Wildman–Crippen MR) is 57.4 cm³/mol. The summed E-state index contributed by atoms with van der Waals surface area (Å²) in [5.74, 6) is 0. The molecule has 0 saturated heterocycles. The van der Waals surface area contributed by atoms with Crippen molar-refractivity contribution in [3.63, 3.8) is 0 Å². The van der Waals surface area contributed by atoms with Crippen molar-refractivity contribution >= 4 is 51.1 Å². The summed E-state index contributed by atoms with van der Waals surface area (Å²) in [6, 6.07) is 0. The zero-order chi connectivity index (χ0) is 9.42. The molecule has 1 aliphatic rings. The number of halogens is 3. The van der Waals surface area contributed by atoms with Gasteiger partial charge >= 0.3 is 0 Å². The number of anilines is 1. The molecule has 0 spiro atoms. The van der Waals surface area contributed by atoms with Crippen molar-refractivity contribution in [3.8, 4) is 0 Å². The van der Waals surface area contributed by atoms with Gasteiger partial charge in [0.05, 0.1) is 21.8 Å². The van der Waals surface area contributed by atoms with Gasteiger partial charge in [0.25, 0.3) is 0 Å². The highest BCUT2D eigenvalue weighted by atomic mass is 79.9. The number of aromatic nitrogens is 2. The highest BCUT2D eigenvalue weighted by Crippen LogP contribution is 2.33. The minimum atomic E-state index is 0.163. The van der Waals surface area contributed by atoms with E-state index < -0.39 is 0 Å². The summed E-state index contributed by atoms with van der Waals surface area (Å²) in [5, 5.41) is 0.521. The molecule has 6 heteroatoms. The first-order valence-corrected chi connectivity index (χ1v) is 4.98. The van der Waals surface area contributed by atoms with Crippen molar-refractivity contribution in [1.29, 1.82) is 0 Å². The van der Waals surface area contributed by atoms with E-state index in [1.807, 2.05) is 12.2 Å². The van der Waals surface area contributed by atoms with E-state index in [9.17, 15) is 0 Å². The summed E-state index contributed by atoms with van der Waals surface area (Å²) < 4.78 is 1.79. The lowest BCUT2D eigenvalue weighted by Gasteiger charge is -2.20. The van der Waals surface area contributed by atoms with Crippen LogP contribution in [0.1, 0.15) is 5.69 Å². The molecule has 13 heavy (non-hydrogen) atoms. The molecule has 0 aliphatic carbocycles. The molecule has 68 valence electrons. The Bertz CT molecular complexity index is 380. The van der Waals surface area contributed by atoms with E-state index in [-0.39, 0.29) is 5.28 Å². The van der Waals surface area contributed by atoms with Crippen molar-refractivity contribution in [3.05, 3.63) is 22.2 Å². The molecule has 3 nitrogen and oxygen atoms in total. The predicted octanol–water partition coefficient (Wildman–Crippen LogP) is 2.93. The van der Waals surface area contributed by atoms with Gasteiger partial charge in [-0.2, -0.15) is 0 Å². The quantitative estimate of drug-likeness (QED) is 0.416. The van der Waals surface area contributed by atoms with Gasteiger partial charge in [-0.1, -0.05) is 17.7 Å². The summed E-state index contributed by atoms with van der Waals surface area (Å²) in [7, 11) is 0. The Morgan fingerprint density at radius 2 is 2.15 bits per heavy atom. The fourth-order valence-corrected chi connectivity index (χ4v) is 2.22. The Morgan fingerprint density at radius 3 is 2.92 bits per heavy atom. The van der Waals surface area contributed by atoms with Crippen molar-refractivity contribution in [2.24, 2.45) is 0 Å². The third kappa shape index (κ3) is 1.66. The molecule has 0 fully saturated rings. The lowest BCUT2D eigenvalue weighted by molar-refractivity contribution is 1.09. The van der Waals surface area contributed by atoms with Crippen LogP contribution in [-0.4, -0.2) is 16.5 Å². The van der Waals surface area contributed by atoms with Gasteiger partial charge in [0.15, 0.2) is 5.15 Å². The van der Waals surface area contributed by atoms with Gasteiger partial charge in [-0.05, 0) is 17.7 Å². The van der Waals surface area contributed by atoms with Crippen LogP contribution >= 0.6 is 39.3 Å². The Balaban J connectivity index is 2.65. The van der Waals surface area contributed by atoms with E-state index >= 15 is 0 Å². The smallest absolute Gasteiger partial charge is 0.224 e. The summed E-state index contributed by atoms with van der Waals surface area (Å²) in [4.78, 5) is 7.89. The van der Waals surface area contributed by atoms with Crippen LogP contribution in [0.25, 0.3) is 6.08 Å². The van der Waals surface area contributed by atoms with Gasteiger partial charge in [0.2, 0.25) is 5.28 Å². The van der Waals surface area contributed by atoms with E-state index in [1.54, 1.807) is 3.93 Å². The number of hydrogen-bond donors (Lipinski definition) is 0. The van der Waals surface area contributed by atoms with Gasteiger partial charge in [-0.25, -0.2) is 9.97 Å². The molecule has 1 aromatic rings. The van der Waals surface area contributed by atoms with E-state index in [2.05, 4.69) is 26.1 Å². The molecule has 0 amide bonds. The van der Waals surface area contributed by atoms with Crippen LogP contribution < -0.4 is 3.93 Å². The normalized spacial score (nSPS) is 14.5. The second-order valence-electron chi connectivity index (χ2n) is 2.46. The largest absolute Gasteiger partial charge is 0.300 e. The molecule has 0 saturated carbocycles. The maximum Gasteiger partial charge on any atom is 0.224 e. The van der Waals surface area contributed by atoms with Crippen molar-refractivity contribution in [2.45, 2.75) is 0 Å². The molecule has 0 unspecified atom stereocenters. The van der Waals surface area contributed by atoms with E-state index in [0.29, 0.717) is 5.15 Å². The maximum atomic E-state index is 5.90. The molecule has 1 aromatic heterocycles. The van der Waals surface area contributed by atoms with Crippen LogP contribution in [0.4, 0.5) is 5.69 Å². The van der Waals surface area contributed by atoms with E-state index in [4.69, 9.17) is 23.2 Å². The molecular weight excluding hydrogens is 277 g/mol. The Morgan fingerprint density at radius 1 is 1.38 bits per heavy atom. The zero-order valence-corrected chi connectivity index (χ0v) is 9.44. The van der Waals surface area contributed by atoms with Gasteiger partial charge < -0.3 is 3.93 Å². The molecular formula is C7H4BrCl2N3. The van der Waals surface area contributed by atoms with Crippen molar-refractivity contribution in [1.82, 2.24) is 9.97 Å². The standard InChI is InChI=1S/C7H4BrCl2N3/c8-13-3-1-2-4-5(13)6(9)12-7(10)11-4/h1-2H,3H2. The van der Waals surface area contributed by atoms with Crippen LogP contribution in [-0.2, 0) is 0 Å². The maximum absolute atomic E-state index is 5.90. The van der Waals surface area contributed by atoms with Crippen LogP contribution in [0.2, 0.25) is 10.4 Å². The second-order valence-corrected chi connectivity index (χ2v) is 4.02. The third-order valence-corrected chi connectivity index (χ3v) is 2.70. The van der Waals surface area contributed by atoms with Crippen LogP contribution in [0.3, 0.4) is 0 Å². The lowest BCUT2D eigenvalue weighted by Crippen LogP contribution is -2.15. The zero-order valence-electron chi connectivity index (χ0n) is 6.34. The average molecular weight is 281 g/mol. The topological polar surface area (TPSA) is 29.0 Å². The SMILES string of the molecule is Clc1nc(Cl)c2c(n1)C=CCN2Br. The summed E-state index contributed by atoms with van der Waals surface area (Å²) in [5.41, 5.74) is 1.49. The van der Waals surface area contributed by atoms with Crippen molar-refractivity contribution < 1.29 is 0 Å². The summed E-state index contributed by atoms with van der Waals surface area (Å²) in [6.07, 6.45) is 3.82. The molecule has 0 N–H and O–H groups in total. The molecule has 2 heterocycles. The molecule has 0 atom stereocenters. The lowest BCUT2D eigenvalue weighted by atomic mass is 10.2.